The van der Waals surface area contributed by atoms with E-state index in [1.807, 2.05) is 0 Å². The van der Waals surface area contributed by atoms with Crippen LogP contribution >= 0.6 is 0 Å². The number of ether oxygens (including phenoxy) is 2. The summed E-state index contributed by atoms with van der Waals surface area (Å²) in [7, 11) is 1.52. The minimum atomic E-state index is -4.36. The Morgan fingerprint density at radius 3 is 2.62 bits per heavy atom. The zero-order chi connectivity index (χ0) is 15.5. The summed E-state index contributed by atoms with van der Waals surface area (Å²) in [4.78, 5) is 0. The summed E-state index contributed by atoms with van der Waals surface area (Å²) in [6.07, 6.45) is -4.69. The molecule has 2 atom stereocenters. The van der Waals surface area contributed by atoms with Gasteiger partial charge in [0.15, 0.2) is 6.10 Å². The van der Waals surface area contributed by atoms with Gasteiger partial charge in [-0.1, -0.05) is 12.1 Å². The molecule has 0 saturated heterocycles. The van der Waals surface area contributed by atoms with Crippen molar-refractivity contribution in [3.63, 3.8) is 0 Å². The van der Waals surface area contributed by atoms with Crippen molar-refractivity contribution in [2.24, 2.45) is 0 Å². The van der Waals surface area contributed by atoms with Crippen LogP contribution in [0.4, 0.5) is 13.2 Å². The maximum absolute atomic E-state index is 12.7. The van der Waals surface area contributed by atoms with E-state index in [2.05, 4.69) is 5.32 Å². The third kappa shape index (κ3) is 4.89. The number of hydrogen-bond donors (Lipinski definition) is 1. The Bertz CT molecular complexity index is 460. The Morgan fingerprint density at radius 1 is 1.33 bits per heavy atom. The third-order valence-electron chi connectivity index (χ3n) is 3.46. The summed E-state index contributed by atoms with van der Waals surface area (Å²) in [6, 6.07) is 7.37. The lowest BCUT2D eigenvalue weighted by Crippen LogP contribution is -2.34. The molecule has 1 aliphatic carbocycles. The monoisotopic (exact) mass is 303 g/mol. The molecule has 0 aromatic heterocycles. The second-order valence-electron chi connectivity index (χ2n) is 5.27. The largest absolute Gasteiger partial charge is 0.497 e. The van der Waals surface area contributed by atoms with Gasteiger partial charge in [-0.2, -0.15) is 13.2 Å². The molecule has 0 spiro atoms. The van der Waals surface area contributed by atoms with Gasteiger partial charge in [0.05, 0.1) is 13.2 Å². The van der Waals surface area contributed by atoms with Gasteiger partial charge in [0.2, 0.25) is 0 Å². The molecule has 1 aromatic carbocycles. The van der Waals surface area contributed by atoms with Crippen molar-refractivity contribution in [1.29, 1.82) is 0 Å². The van der Waals surface area contributed by atoms with E-state index in [4.69, 9.17) is 9.47 Å². The van der Waals surface area contributed by atoms with Gasteiger partial charge >= 0.3 is 6.18 Å². The lowest BCUT2D eigenvalue weighted by molar-refractivity contribution is -0.227. The van der Waals surface area contributed by atoms with Crippen LogP contribution in [0.2, 0.25) is 0 Å². The number of methoxy groups -OCH3 is 1. The zero-order valence-corrected chi connectivity index (χ0v) is 12.1. The molecule has 118 valence electrons. The molecule has 1 aliphatic rings. The SMILES string of the molecule is COc1cccc(C(CNC2CC2)OC(C)C(F)(F)F)c1. The molecule has 0 aliphatic heterocycles. The predicted molar refractivity (Wildman–Crippen MR) is 73.4 cm³/mol. The second kappa shape index (κ2) is 6.66. The lowest BCUT2D eigenvalue weighted by Gasteiger charge is -2.25. The summed E-state index contributed by atoms with van der Waals surface area (Å²) in [6.45, 7) is 1.39. The van der Waals surface area contributed by atoms with Gasteiger partial charge in [-0.15, -0.1) is 0 Å². The van der Waals surface area contributed by atoms with Gasteiger partial charge in [0, 0.05) is 12.6 Å². The molecule has 1 aromatic rings. The first-order chi connectivity index (χ1) is 9.90. The van der Waals surface area contributed by atoms with E-state index in [9.17, 15) is 13.2 Å². The van der Waals surface area contributed by atoms with Crippen molar-refractivity contribution in [2.75, 3.05) is 13.7 Å². The predicted octanol–water partition coefficient (Wildman–Crippen LogP) is 3.46. The third-order valence-corrected chi connectivity index (χ3v) is 3.46. The average molecular weight is 303 g/mol. The minimum absolute atomic E-state index is 0.359. The molecule has 0 bridgehead atoms. The van der Waals surface area contributed by atoms with E-state index >= 15 is 0 Å². The van der Waals surface area contributed by atoms with E-state index in [-0.39, 0.29) is 0 Å². The Hall–Kier alpha value is -1.27. The minimum Gasteiger partial charge on any atom is -0.497 e. The highest BCUT2D eigenvalue weighted by atomic mass is 19.4. The summed E-state index contributed by atoms with van der Waals surface area (Å²) >= 11 is 0. The van der Waals surface area contributed by atoms with E-state index in [1.165, 1.54) is 7.11 Å². The highest BCUT2D eigenvalue weighted by Gasteiger charge is 2.39. The van der Waals surface area contributed by atoms with Crippen LogP contribution in [0, 0.1) is 0 Å². The molecule has 1 fully saturated rings. The first-order valence-electron chi connectivity index (χ1n) is 6.99. The topological polar surface area (TPSA) is 30.5 Å². The number of nitrogens with one attached hydrogen (secondary N) is 1. The molecule has 1 N–H and O–H groups in total. The van der Waals surface area contributed by atoms with Crippen LogP contribution in [0.5, 0.6) is 5.75 Å². The molecule has 1 saturated carbocycles. The molecule has 3 nitrogen and oxygen atoms in total. The molecule has 6 heteroatoms. The van der Waals surface area contributed by atoms with Crippen LogP contribution in [-0.4, -0.2) is 32.0 Å². The fourth-order valence-electron chi connectivity index (χ4n) is 1.97. The summed E-state index contributed by atoms with van der Waals surface area (Å²) in [5.74, 6) is 0.604. The van der Waals surface area contributed by atoms with Crippen LogP contribution in [0.3, 0.4) is 0 Å². The molecular weight excluding hydrogens is 283 g/mol. The van der Waals surface area contributed by atoms with Crippen molar-refractivity contribution >= 4 is 0 Å². The van der Waals surface area contributed by atoms with Crippen LogP contribution in [0.25, 0.3) is 0 Å². The molecule has 21 heavy (non-hydrogen) atoms. The maximum Gasteiger partial charge on any atom is 0.414 e. The number of alkyl halides is 3. The molecule has 0 radical (unpaired) electrons. The quantitative estimate of drug-likeness (QED) is 0.837. The average Bonchev–Trinajstić information content (AvgIpc) is 3.26. The fraction of sp³-hybridized carbons (Fsp3) is 0.600. The van der Waals surface area contributed by atoms with E-state index in [0.29, 0.717) is 23.9 Å². The number of hydrogen-bond acceptors (Lipinski definition) is 3. The first kappa shape index (κ1) is 16.1. The number of halogens is 3. The molecule has 0 amide bonds. The van der Waals surface area contributed by atoms with Crippen LogP contribution < -0.4 is 10.1 Å². The van der Waals surface area contributed by atoms with Crippen LogP contribution in [0.1, 0.15) is 31.4 Å². The molecule has 2 rings (SSSR count). The smallest absolute Gasteiger partial charge is 0.414 e. The van der Waals surface area contributed by atoms with Gasteiger partial charge in [-0.3, -0.25) is 0 Å². The van der Waals surface area contributed by atoms with Crippen molar-refractivity contribution in [2.45, 2.75) is 44.2 Å². The standard InChI is InChI=1S/C15H20F3NO2/c1-10(15(16,17)18)21-14(9-19-12-6-7-12)11-4-3-5-13(8-11)20-2/h3-5,8,10,12,14,19H,6-7,9H2,1-2H3. The van der Waals surface area contributed by atoms with Gasteiger partial charge in [0.1, 0.15) is 5.75 Å². The van der Waals surface area contributed by atoms with Gasteiger partial charge in [-0.05, 0) is 37.5 Å². The van der Waals surface area contributed by atoms with Crippen molar-refractivity contribution in [1.82, 2.24) is 5.32 Å². The Morgan fingerprint density at radius 2 is 2.05 bits per heavy atom. The Labute approximate surface area is 122 Å². The van der Waals surface area contributed by atoms with Gasteiger partial charge in [0.25, 0.3) is 0 Å². The first-order valence-corrected chi connectivity index (χ1v) is 6.99. The van der Waals surface area contributed by atoms with Crippen molar-refractivity contribution < 1.29 is 22.6 Å². The highest BCUT2D eigenvalue weighted by molar-refractivity contribution is 5.30. The zero-order valence-electron chi connectivity index (χ0n) is 12.1. The van der Waals surface area contributed by atoms with E-state index < -0.39 is 18.4 Å². The van der Waals surface area contributed by atoms with E-state index in [1.54, 1.807) is 24.3 Å². The normalized spacial score (nSPS) is 18.3. The molecule has 0 heterocycles. The Balaban J connectivity index is 2.09. The van der Waals surface area contributed by atoms with Crippen molar-refractivity contribution in [3.05, 3.63) is 29.8 Å². The fourth-order valence-corrected chi connectivity index (χ4v) is 1.97. The summed E-state index contributed by atoms with van der Waals surface area (Å²) in [5, 5.41) is 3.22. The maximum atomic E-state index is 12.7. The second-order valence-corrected chi connectivity index (χ2v) is 5.27. The molecular formula is C15H20F3NO2. The van der Waals surface area contributed by atoms with Crippen LogP contribution in [0.15, 0.2) is 24.3 Å². The Kier molecular flexibility index (Phi) is 5.11. The summed E-state index contributed by atoms with van der Waals surface area (Å²) in [5.41, 5.74) is 0.679. The van der Waals surface area contributed by atoms with Crippen molar-refractivity contribution in [3.8, 4) is 5.75 Å². The number of rotatable bonds is 7. The lowest BCUT2D eigenvalue weighted by atomic mass is 10.1. The summed E-state index contributed by atoms with van der Waals surface area (Å²) < 4.78 is 48.5. The van der Waals surface area contributed by atoms with Crippen LogP contribution in [-0.2, 0) is 4.74 Å². The van der Waals surface area contributed by atoms with Gasteiger partial charge < -0.3 is 14.8 Å². The van der Waals surface area contributed by atoms with E-state index in [0.717, 1.165) is 19.8 Å². The molecule has 2 unspecified atom stereocenters. The van der Waals surface area contributed by atoms with Gasteiger partial charge in [-0.25, -0.2) is 0 Å². The number of benzene rings is 1. The highest BCUT2D eigenvalue weighted by Crippen LogP contribution is 2.30.